The number of nitrogens with zero attached hydrogens (tertiary/aromatic N) is 1. The number of amides is 2. The van der Waals surface area contributed by atoms with Crippen LogP contribution in [0.1, 0.15) is 18.9 Å². The number of nitrogens with one attached hydrogen (secondary N) is 1. The van der Waals surface area contributed by atoms with E-state index in [9.17, 15) is 14.0 Å². The first-order chi connectivity index (χ1) is 11.4. The van der Waals surface area contributed by atoms with E-state index in [0.29, 0.717) is 10.7 Å². The van der Waals surface area contributed by atoms with Gasteiger partial charge in [0.1, 0.15) is 5.82 Å². The SMILES string of the molecule is CC(=O)N(CCC(=O)Nc1cc(Cl)ccc1C)c1ccccc1F. The molecule has 0 heterocycles. The zero-order chi connectivity index (χ0) is 17.7. The van der Waals surface area contributed by atoms with Gasteiger partial charge in [-0.25, -0.2) is 4.39 Å². The smallest absolute Gasteiger partial charge is 0.226 e. The van der Waals surface area contributed by atoms with E-state index in [1.165, 1.54) is 24.0 Å². The minimum atomic E-state index is -0.501. The van der Waals surface area contributed by atoms with Crippen LogP contribution in [0.3, 0.4) is 0 Å². The minimum absolute atomic E-state index is 0.0415. The van der Waals surface area contributed by atoms with Crippen LogP contribution in [0, 0.1) is 12.7 Å². The maximum absolute atomic E-state index is 13.9. The number of aryl methyl sites for hydroxylation is 1. The topological polar surface area (TPSA) is 49.4 Å². The van der Waals surface area contributed by atoms with Crippen molar-refractivity contribution in [2.75, 3.05) is 16.8 Å². The molecule has 2 rings (SSSR count). The fourth-order valence-corrected chi connectivity index (χ4v) is 2.45. The number of anilines is 2. The number of rotatable bonds is 5. The fourth-order valence-electron chi connectivity index (χ4n) is 2.27. The maximum atomic E-state index is 13.9. The summed E-state index contributed by atoms with van der Waals surface area (Å²) in [5.41, 5.74) is 1.66. The van der Waals surface area contributed by atoms with Crippen LogP contribution in [0.2, 0.25) is 5.02 Å². The van der Waals surface area contributed by atoms with E-state index in [-0.39, 0.29) is 30.5 Å². The minimum Gasteiger partial charge on any atom is -0.326 e. The number of para-hydroxylation sites is 1. The molecule has 2 aromatic rings. The molecule has 0 spiro atoms. The highest BCUT2D eigenvalue weighted by Crippen LogP contribution is 2.21. The Morgan fingerprint density at radius 3 is 2.58 bits per heavy atom. The molecule has 24 heavy (non-hydrogen) atoms. The predicted octanol–water partition coefficient (Wildman–Crippen LogP) is 4.17. The molecule has 0 aliphatic carbocycles. The van der Waals surface area contributed by atoms with Crippen molar-refractivity contribution >= 4 is 34.8 Å². The van der Waals surface area contributed by atoms with Gasteiger partial charge < -0.3 is 10.2 Å². The van der Waals surface area contributed by atoms with Crippen molar-refractivity contribution < 1.29 is 14.0 Å². The van der Waals surface area contributed by atoms with Crippen LogP contribution in [0.25, 0.3) is 0 Å². The number of halogens is 2. The average molecular weight is 349 g/mol. The van der Waals surface area contributed by atoms with E-state index >= 15 is 0 Å². The van der Waals surface area contributed by atoms with Gasteiger partial charge in [0.15, 0.2) is 0 Å². The summed E-state index contributed by atoms with van der Waals surface area (Å²) < 4.78 is 13.9. The van der Waals surface area contributed by atoms with Crippen LogP contribution in [-0.2, 0) is 9.59 Å². The van der Waals surface area contributed by atoms with Gasteiger partial charge in [0.2, 0.25) is 11.8 Å². The van der Waals surface area contributed by atoms with Gasteiger partial charge in [0, 0.05) is 30.6 Å². The number of carbonyl (C=O) groups excluding carboxylic acids is 2. The van der Waals surface area contributed by atoms with E-state index in [2.05, 4.69) is 5.32 Å². The molecule has 0 aliphatic rings. The fraction of sp³-hybridized carbons (Fsp3) is 0.222. The average Bonchev–Trinajstić information content (AvgIpc) is 2.52. The van der Waals surface area contributed by atoms with Crippen LogP contribution >= 0.6 is 11.6 Å². The highest BCUT2D eigenvalue weighted by atomic mass is 35.5. The van der Waals surface area contributed by atoms with E-state index in [1.54, 1.807) is 30.3 Å². The quantitative estimate of drug-likeness (QED) is 0.881. The summed E-state index contributed by atoms with van der Waals surface area (Å²) in [6.45, 7) is 3.28. The molecular formula is C18H18ClFN2O2. The first kappa shape index (κ1) is 17.9. The van der Waals surface area contributed by atoms with Crippen molar-refractivity contribution in [1.82, 2.24) is 0 Å². The van der Waals surface area contributed by atoms with Gasteiger partial charge in [-0.15, -0.1) is 0 Å². The third-order valence-corrected chi connectivity index (χ3v) is 3.79. The van der Waals surface area contributed by atoms with Crippen LogP contribution in [0.15, 0.2) is 42.5 Å². The Morgan fingerprint density at radius 2 is 1.92 bits per heavy atom. The van der Waals surface area contributed by atoms with Gasteiger partial charge in [0.05, 0.1) is 5.69 Å². The standard InChI is InChI=1S/C18H18ClFN2O2/c1-12-7-8-14(19)11-16(12)21-18(24)9-10-22(13(2)23)17-6-4-3-5-15(17)20/h3-8,11H,9-10H2,1-2H3,(H,21,24). The first-order valence-electron chi connectivity index (χ1n) is 7.47. The lowest BCUT2D eigenvalue weighted by molar-refractivity contribution is -0.117. The highest BCUT2D eigenvalue weighted by Gasteiger charge is 2.17. The van der Waals surface area contributed by atoms with Gasteiger partial charge in [-0.2, -0.15) is 0 Å². The summed E-state index contributed by atoms with van der Waals surface area (Å²) in [5.74, 6) is -1.10. The third kappa shape index (κ3) is 4.55. The predicted molar refractivity (Wildman–Crippen MR) is 93.9 cm³/mol. The highest BCUT2D eigenvalue weighted by molar-refractivity contribution is 6.31. The molecule has 2 aromatic carbocycles. The Balaban J connectivity index is 2.04. The van der Waals surface area contributed by atoms with E-state index in [4.69, 9.17) is 11.6 Å². The van der Waals surface area contributed by atoms with E-state index in [1.807, 2.05) is 6.92 Å². The van der Waals surface area contributed by atoms with Crippen LogP contribution < -0.4 is 10.2 Å². The van der Waals surface area contributed by atoms with Crippen molar-refractivity contribution in [2.45, 2.75) is 20.3 Å². The van der Waals surface area contributed by atoms with E-state index < -0.39 is 5.82 Å². The van der Waals surface area contributed by atoms with Crippen molar-refractivity contribution in [3.8, 4) is 0 Å². The molecule has 0 unspecified atom stereocenters. The largest absolute Gasteiger partial charge is 0.326 e. The molecule has 0 fully saturated rings. The van der Waals surface area contributed by atoms with Crippen LogP contribution in [0.5, 0.6) is 0 Å². The first-order valence-corrected chi connectivity index (χ1v) is 7.85. The number of hydrogen-bond donors (Lipinski definition) is 1. The zero-order valence-electron chi connectivity index (χ0n) is 13.5. The van der Waals surface area contributed by atoms with E-state index in [0.717, 1.165) is 5.56 Å². The molecule has 0 aromatic heterocycles. The Hall–Kier alpha value is -2.40. The summed E-state index contributed by atoms with van der Waals surface area (Å²) in [6.07, 6.45) is 0.0415. The molecule has 6 heteroatoms. The van der Waals surface area contributed by atoms with Gasteiger partial charge in [-0.3, -0.25) is 9.59 Å². The second-order valence-corrected chi connectivity index (χ2v) is 5.82. The molecule has 126 valence electrons. The zero-order valence-corrected chi connectivity index (χ0v) is 14.2. The summed E-state index contributed by atoms with van der Waals surface area (Å²) in [7, 11) is 0. The van der Waals surface area contributed by atoms with Crippen LogP contribution in [0.4, 0.5) is 15.8 Å². The summed E-state index contributed by atoms with van der Waals surface area (Å²) in [4.78, 5) is 25.2. The summed E-state index contributed by atoms with van der Waals surface area (Å²) in [6, 6.07) is 11.2. The maximum Gasteiger partial charge on any atom is 0.226 e. The lowest BCUT2D eigenvalue weighted by atomic mass is 10.2. The molecule has 2 amide bonds. The van der Waals surface area contributed by atoms with Crippen molar-refractivity contribution in [2.24, 2.45) is 0 Å². The second kappa shape index (κ2) is 7.93. The Kier molecular flexibility index (Phi) is 5.93. The molecule has 1 N–H and O–H groups in total. The number of benzene rings is 2. The van der Waals surface area contributed by atoms with Crippen molar-refractivity contribution in [1.29, 1.82) is 0 Å². The molecule has 0 bridgehead atoms. The van der Waals surface area contributed by atoms with Gasteiger partial charge in [-0.05, 0) is 36.8 Å². The van der Waals surface area contributed by atoms with Gasteiger partial charge >= 0.3 is 0 Å². The Labute approximate surface area is 145 Å². The van der Waals surface area contributed by atoms with Crippen molar-refractivity contribution in [3.63, 3.8) is 0 Å². The lowest BCUT2D eigenvalue weighted by Crippen LogP contribution is -2.32. The third-order valence-electron chi connectivity index (χ3n) is 3.56. The number of hydrogen-bond acceptors (Lipinski definition) is 2. The molecule has 0 aliphatic heterocycles. The van der Waals surface area contributed by atoms with Crippen LogP contribution in [-0.4, -0.2) is 18.4 Å². The Bertz CT molecular complexity index is 764. The summed E-state index contributed by atoms with van der Waals surface area (Å²) in [5, 5.41) is 3.28. The number of carbonyl (C=O) groups is 2. The lowest BCUT2D eigenvalue weighted by Gasteiger charge is -2.21. The summed E-state index contributed by atoms with van der Waals surface area (Å²) >= 11 is 5.92. The van der Waals surface area contributed by atoms with Gasteiger partial charge in [0.25, 0.3) is 0 Å². The molecule has 0 saturated heterocycles. The molecule has 0 radical (unpaired) electrons. The Morgan fingerprint density at radius 1 is 1.21 bits per heavy atom. The van der Waals surface area contributed by atoms with Crippen molar-refractivity contribution in [3.05, 3.63) is 58.9 Å². The van der Waals surface area contributed by atoms with Gasteiger partial charge in [-0.1, -0.05) is 29.8 Å². The molecule has 4 nitrogen and oxygen atoms in total. The molecule has 0 saturated carbocycles. The monoisotopic (exact) mass is 348 g/mol. The molecule has 0 atom stereocenters. The molecular weight excluding hydrogens is 331 g/mol. The normalized spacial score (nSPS) is 10.3. The second-order valence-electron chi connectivity index (χ2n) is 5.38.